The number of anilines is 1. The second-order valence-corrected chi connectivity index (χ2v) is 6.73. The van der Waals surface area contributed by atoms with E-state index in [1.807, 2.05) is 23.1 Å². The topological polar surface area (TPSA) is 78.7 Å². The van der Waals surface area contributed by atoms with Gasteiger partial charge in [0.05, 0.1) is 11.0 Å². The molecule has 1 saturated heterocycles. The number of rotatable bonds is 6. The van der Waals surface area contributed by atoms with Crippen LogP contribution in [0.3, 0.4) is 0 Å². The van der Waals surface area contributed by atoms with Gasteiger partial charge in [-0.1, -0.05) is 42.5 Å². The summed E-state index contributed by atoms with van der Waals surface area (Å²) in [5.74, 6) is 0.0584. The quantitative estimate of drug-likeness (QED) is 0.626. The second-order valence-electron chi connectivity index (χ2n) is 6.73. The van der Waals surface area contributed by atoms with Gasteiger partial charge in [0.25, 0.3) is 5.69 Å². The Balaban J connectivity index is 1.63. The molecule has 2 aromatic carbocycles. The second kappa shape index (κ2) is 8.64. The van der Waals surface area contributed by atoms with E-state index in [0.717, 1.165) is 18.7 Å². The van der Waals surface area contributed by atoms with Crippen LogP contribution < -0.4 is 5.32 Å². The maximum atomic E-state index is 12.8. The molecule has 0 unspecified atom stereocenters. The van der Waals surface area contributed by atoms with Crippen molar-refractivity contribution >= 4 is 17.3 Å². The molecular formula is C20H24N4O3. The summed E-state index contributed by atoms with van der Waals surface area (Å²) >= 11 is 0. The van der Waals surface area contributed by atoms with Crippen molar-refractivity contribution in [1.82, 2.24) is 9.80 Å². The molecule has 27 heavy (non-hydrogen) atoms. The summed E-state index contributed by atoms with van der Waals surface area (Å²) in [6.45, 7) is 2.68. The number of amides is 1. The van der Waals surface area contributed by atoms with Gasteiger partial charge in [0.1, 0.15) is 5.69 Å². The van der Waals surface area contributed by atoms with Crippen molar-refractivity contribution < 1.29 is 9.72 Å². The normalized spacial score (nSPS) is 17.5. The molecule has 0 aromatic heterocycles. The summed E-state index contributed by atoms with van der Waals surface area (Å²) in [5, 5.41) is 14.1. The fraction of sp³-hybridized carbons (Fsp3) is 0.350. The maximum Gasteiger partial charge on any atom is 0.292 e. The van der Waals surface area contributed by atoms with E-state index in [0.29, 0.717) is 25.2 Å². The van der Waals surface area contributed by atoms with Crippen molar-refractivity contribution in [3.05, 3.63) is 70.3 Å². The third kappa shape index (κ3) is 4.62. The summed E-state index contributed by atoms with van der Waals surface area (Å²) in [6, 6.07) is 16.6. The van der Waals surface area contributed by atoms with Crippen LogP contribution >= 0.6 is 0 Å². The number of nitrogens with zero attached hydrogens (tertiary/aromatic N) is 3. The van der Waals surface area contributed by atoms with Gasteiger partial charge in [-0.15, -0.1) is 0 Å². The maximum absolute atomic E-state index is 12.8. The minimum atomic E-state index is -0.421. The Bertz CT molecular complexity index is 797. The zero-order valence-electron chi connectivity index (χ0n) is 15.4. The molecule has 0 spiro atoms. The number of likely N-dealkylation sites (N-methyl/N-ethyl adjacent to an activating group) is 1. The predicted octanol–water partition coefficient (Wildman–Crippen LogP) is 2.91. The fourth-order valence-electron chi connectivity index (χ4n) is 3.41. The standard InChI is InChI=1S/C20H24N4O3/c1-22-13-14-23(19(15-22)16-7-3-2-4-8-16)20(25)11-12-21-17-9-5-6-10-18(17)24(26)27/h2-10,19,21H,11-15H2,1H3/t19-/m1/s1. The molecule has 0 radical (unpaired) electrons. The van der Waals surface area contributed by atoms with E-state index in [-0.39, 0.29) is 17.6 Å². The molecule has 1 heterocycles. The lowest BCUT2D eigenvalue weighted by molar-refractivity contribution is -0.384. The SMILES string of the molecule is CN1CCN(C(=O)CCNc2ccccc2[N+](=O)[O-])[C@@H](c2ccccc2)C1. The lowest BCUT2D eigenvalue weighted by Gasteiger charge is -2.40. The fourth-order valence-corrected chi connectivity index (χ4v) is 3.41. The van der Waals surface area contributed by atoms with E-state index in [2.05, 4.69) is 29.4 Å². The van der Waals surface area contributed by atoms with E-state index < -0.39 is 4.92 Å². The van der Waals surface area contributed by atoms with Crippen molar-refractivity contribution in [2.24, 2.45) is 0 Å². The van der Waals surface area contributed by atoms with Crippen LogP contribution in [0.25, 0.3) is 0 Å². The van der Waals surface area contributed by atoms with Gasteiger partial charge in [0.15, 0.2) is 0 Å². The van der Waals surface area contributed by atoms with E-state index >= 15 is 0 Å². The molecular weight excluding hydrogens is 344 g/mol. The van der Waals surface area contributed by atoms with Crippen LogP contribution in [-0.2, 0) is 4.79 Å². The summed E-state index contributed by atoms with van der Waals surface area (Å²) in [5.41, 5.74) is 1.59. The van der Waals surface area contributed by atoms with Gasteiger partial charge >= 0.3 is 0 Å². The molecule has 1 amide bonds. The van der Waals surface area contributed by atoms with E-state index in [1.165, 1.54) is 6.07 Å². The molecule has 0 saturated carbocycles. The molecule has 2 aromatic rings. The van der Waals surface area contributed by atoms with Gasteiger partial charge in [-0.25, -0.2) is 0 Å². The smallest absolute Gasteiger partial charge is 0.292 e. The molecule has 1 aliphatic rings. The van der Waals surface area contributed by atoms with Crippen LogP contribution in [-0.4, -0.2) is 53.9 Å². The Labute approximate surface area is 158 Å². The van der Waals surface area contributed by atoms with Crippen molar-refractivity contribution in [1.29, 1.82) is 0 Å². The predicted molar refractivity (Wildman–Crippen MR) is 105 cm³/mol. The van der Waals surface area contributed by atoms with Gasteiger partial charge in [-0.2, -0.15) is 0 Å². The zero-order valence-corrected chi connectivity index (χ0v) is 15.4. The molecule has 1 fully saturated rings. The largest absolute Gasteiger partial charge is 0.379 e. The molecule has 1 atom stereocenters. The Morgan fingerprint density at radius 1 is 1.15 bits per heavy atom. The molecule has 7 nitrogen and oxygen atoms in total. The highest BCUT2D eigenvalue weighted by Crippen LogP contribution is 2.26. The van der Waals surface area contributed by atoms with Crippen molar-refractivity contribution in [3.8, 4) is 0 Å². The number of hydrogen-bond donors (Lipinski definition) is 1. The average molecular weight is 368 g/mol. The van der Waals surface area contributed by atoms with Gasteiger partial charge in [-0.3, -0.25) is 14.9 Å². The lowest BCUT2D eigenvalue weighted by atomic mass is 10.0. The highest BCUT2D eigenvalue weighted by molar-refractivity contribution is 5.77. The summed E-state index contributed by atoms with van der Waals surface area (Å²) in [6.07, 6.45) is 0.291. The number of nitro benzene ring substituents is 1. The lowest BCUT2D eigenvalue weighted by Crippen LogP contribution is -2.49. The number of carbonyl (C=O) groups excluding carboxylic acids is 1. The number of carbonyl (C=O) groups is 1. The molecule has 1 N–H and O–H groups in total. The monoisotopic (exact) mass is 368 g/mol. The van der Waals surface area contributed by atoms with Gasteiger partial charge in [0.2, 0.25) is 5.91 Å². The molecule has 0 aliphatic carbocycles. The van der Waals surface area contributed by atoms with Crippen LogP contribution in [0, 0.1) is 10.1 Å². The van der Waals surface area contributed by atoms with Crippen LogP contribution in [0.4, 0.5) is 11.4 Å². The zero-order chi connectivity index (χ0) is 19.2. The number of nitro groups is 1. The molecule has 0 bridgehead atoms. The Morgan fingerprint density at radius 3 is 2.59 bits per heavy atom. The van der Waals surface area contributed by atoms with E-state index in [9.17, 15) is 14.9 Å². The van der Waals surface area contributed by atoms with E-state index in [4.69, 9.17) is 0 Å². The van der Waals surface area contributed by atoms with Crippen LogP contribution in [0.15, 0.2) is 54.6 Å². The minimum Gasteiger partial charge on any atom is -0.379 e. The first-order chi connectivity index (χ1) is 13.1. The first-order valence-electron chi connectivity index (χ1n) is 9.06. The highest BCUT2D eigenvalue weighted by atomic mass is 16.6. The van der Waals surface area contributed by atoms with Crippen LogP contribution in [0.1, 0.15) is 18.0 Å². The summed E-state index contributed by atoms with van der Waals surface area (Å²) in [4.78, 5) is 27.6. The van der Waals surface area contributed by atoms with Crippen LogP contribution in [0.2, 0.25) is 0 Å². The third-order valence-electron chi connectivity index (χ3n) is 4.84. The molecule has 7 heteroatoms. The average Bonchev–Trinajstić information content (AvgIpc) is 2.68. The summed E-state index contributed by atoms with van der Waals surface area (Å²) in [7, 11) is 2.06. The Hall–Kier alpha value is -2.93. The van der Waals surface area contributed by atoms with Crippen molar-refractivity contribution in [2.75, 3.05) is 38.5 Å². The molecule has 3 rings (SSSR count). The van der Waals surface area contributed by atoms with Gasteiger partial charge < -0.3 is 15.1 Å². The first-order valence-corrected chi connectivity index (χ1v) is 9.06. The van der Waals surface area contributed by atoms with Gasteiger partial charge in [-0.05, 0) is 18.7 Å². The van der Waals surface area contributed by atoms with Crippen molar-refractivity contribution in [3.63, 3.8) is 0 Å². The number of nitrogens with one attached hydrogen (secondary N) is 1. The third-order valence-corrected chi connectivity index (χ3v) is 4.84. The van der Waals surface area contributed by atoms with Gasteiger partial charge in [0, 0.05) is 38.7 Å². The number of para-hydroxylation sites is 2. The Kier molecular flexibility index (Phi) is 6.03. The highest BCUT2D eigenvalue weighted by Gasteiger charge is 2.29. The molecule has 1 aliphatic heterocycles. The minimum absolute atomic E-state index is 0.0201. The number of hydrogen-bond acceptors (Lipinski definition) is 5. The summed E-state index contributed by atoms with van der Waals surface area (Å²) < 4.78 is 0. The number of benzene rings is 2. The van der Waals surface area contributed by atoms with E-state index in [1.54, 1.807) is 18.2 Å². The van der Waals surface area contributed by atoms with Crippen molar-refractivity contribution in [2.45, 2.75) is 12.5 Å². The first kappa shape index (κ1) is 18.8. The molecule has 142 valence electrons. The Morgan fingerprint density at radius 2 is 1.85 bits per heavy atom. The van der Waals surface area contributed by atoms with Crippen LogP contribution in [0.5, 0.6) is 0 Å². The number of piperazine rings is 1.